The van der Waals surface area contributed by atoms with Crippen molar-refractivity contribution in [2.75, 3.05) is 4.90 Å². The number of para-hydroxylation sites is 2. The minimum absolute atomic E-state index is 0.160. The Labute approximate surface area is 387 Å². The normalized spacial score (nSPS) is 13.1. The Morgan fingerprint density at radius 3 is 1.85 bits per heavy atom. The van der Waals surface area contributed by atoms with Gasteiger partial charge in [0.2, 0.25) is 0 Å². The fourth-order valence-corrected chi connectivity index (χ4v) is 12.5. The van der Waals surface area contributed by atoms with Crippen LogP contribution in [0.1, 0.15) is 25.0 Å². The molecule has 66 heavy (non-hydrogen) atoms. The van der Waals surface area contributed by atoms with E-state index in [1.807, 2.05) is 11.3 Å². The third-order valence-electron chi connectivity index (χ3n) is 14.5. The summed E-state index contributed by atoms with van der Waals surface area (Å²) in [6, 6.07) is 81.2. The van der Waals surface area contributed by atoms with Crippen LogP contribution in [-0.2, 0) is 5.41 Å². The zero-order valence-corrected chi connectivity index (χ0v) is 37.4. The molecule has 3 heteroatoms. The van der Waals surface area contributed by atoms with Crippen molar-refractivity contribution >= 4 is 70.4 Å². The standard InChI is InChI=1S/C63H42N2S/c1-63(2)54-34-33-52-48-17-6-9-20-56(48)65-57-21-10-7-18-49(57)53-36-44(37-55(63)60(53)61(54)62(52)65)42-25-23-41(24-26-42)43-15-12-16-46(35-43)64(45-29-27-40(28-30-45)39-13-4-3-5-14-39)47-31-32-51-50-19-8-11-22-58(50)66-59(51)38-47/h3-38H,1-2H3. The summed E-state index contributed by atoms with van der Waals surface area (Å²) >= 11 is 1.86. The molecule has 14 rings (SSSR count). The Kier molecular flexibility index (Phi) is 7.94. The van der Waals surface area contributed by atoms with Crippen molar-refractivity contribution in [1.82, 2.24) is 4.57 Å². The number of benzene rings is 10. The lowest BCUT2D eigenvalue weighted by molar-refractivity contribution is 0.661. The first-order valence-corrected chi connectivity index (χ1v) is 23.7. The van der Waals surface area contributed by atoms with Crippen LogP contribution in [0.4, 0.5) is 17.1 Å². The highest BCUT2D eigenvalue weighted by molar-refractivity contribution is 7.25. The number of aromatic nitrogens is 1. The lowest BCUT2D eigenvalue weighted by atomic mass is 9.80. The lowest BCUT2D eigenvalue weighted by Gasteiger charge is -2.26. The van der Waals surface area contributed by atoms with E-state index in [4.69, 9.17) is 0 Å². The van der Waals surface area contributed by atoms with Crippen molar-refractivity contribution in [3.05, 3.63) is 230 Å². The number of thiophene rings is 1. The van der Waals surface area contributed by atoms with Gasteiger partial charge in [-0.3, -0.25) is 0 Å². The molecule has 10 aromatic carbocycles. The highest BCUT2D eigenvalue weighted by Gasteiger charge is 2.41. The van der Waals surface area contributed by atoms with Gasteiger partial charge in [0.05, 0.1) is 16.7 Å². The van der Waals surface area contributed by atoms with Crippen LogP contribution in [0.3, 0.4) is 0 Å². The first kappa shape index (κ1) is 37.4. The number of nitrogens with zero attached hydrogens (tertiary/aromatic N) is 2. The van der Waals surface area contributed by atoms with Gasteiger partial charge in [-0.05, 0) is 122 Å². The lowest BCUT2D eigenvalue weighted by Crippen LogP contribution is -2.15. The third-order valence-corrected chi connectivity index (χ3v) is 15.6. The SMILES string of the molecule is CC1(C)c2cc(-c3ccc(-c4cccc(N(c5ccc(-c6ccccc6)cc5)c5ccc6c(c5)sc5ccccc56)c4)cc3)cc3c2-c2c1ccc1c4ccccc4n(c21)-c1ccccc1-3. The second kappa shape index (κ2) is 14.0. The van der Waals surface area contributed by atoms with E-state index in [9.17, 15) is 0 Å². The molecule has 0 N–H and O–H groups in total. The fourth-order valence-electron chi connectivity index (χ4n) is 11.3. The van der Waals surface area contributed by atoms with Crippen LogP contribution < -0.4 is 4.90 Å². The minimum Gasteiger partial charge on any atom is -0.310 e. The topological polar surface area (TPSA) is 8.17 Å². The number of anilines is 3. The Morgan fingerprint density at radius 2 is 1.00 bits per heavy atom. The minimum atomic E-state index is -0.160. The zero-order chi connectivity index (χ0) is 43.7. The average molecular weight is 859 g/mol. The summed E-state index contributed by atoms with van der Waals surface area (Å²) < 4.78 is 5.14. The first-order chi connectivity index (χ1) is 32.5. The monoisotopic (exact) mass is 858 g/mol. The predicted octanol–water partition coefficient (Wildman–Crippen LogP) is 17.9. The molecule has 0 saturated heterocycles. The maximum atomic E-state index is 2.54. The molecule has 2 nitrogen and oxygen atoms in total. The van der Waals surface area contributed by atoms with Crippen LogP contribution in [0.15, 0.2) is 218 Å². The molecular weight excluding hydrogens is 817 g/mol. The molecule has 0 saturated carbocycles. The summed E-state index contributed by atoms with van der Waals surface area (Å²) in [5.74, 6) is 0. The zero-order valence-electron chi connectivity index (χ0n) is 36.6. The second-order valence-corrected chi connectivity index (χ2v) is 19.6. The molecule has 0 atom stereocenters. The van der Waals surface area contributed by atoms with Gasteiger partial charge in [-0.2, -0.15) is 0 Å². The van der Waals surface area contributed by atoms with Crippen molar-refractivity contribution < 1.29 is 0 Å². The number of fused-ring (bicyclic) bond motifs is 9. The summed E-state index contributed by atoms with van der Waals surface area (Å²) in [6.45, 7) is 4.82. The van der Waals surface area contributed by atoms with Gasteiger partial charge in [0.15, 0.2) is 0 Å². The van der Waals surface area contributed by atoms with Crippen LogP contribution in [0.2, 0.25) is 0 Å². The molecule has 1 aliphatic heterocycles. The maximum absolute atomic E-state index is 2.54. The molecular formula is C63H42N2S. The third kappa shape index (κ3) is 5.41. The first-order valence-electron chi connectivity index (χ1n) is 22.9. The van der Waals surface area contributed by atoms with Gasteiger partial charge in [-0.15, -0.1) is 11.3 Å². The second-order valence-electron chi connectivity index (χ2n) is 18.5. The Hall–Kier alpha value is -7.98. The van der Waals surface area contributed by atoms with Crippen LogP contribution in [0, 0.1) is 0 Å². The molecule has 0 amide bonds. The van der Waals surface area contributed by atoms with E-state index in [-0.39, 0.29) is 5.41 Å². The van der Waals surface area contributed by atoms with Crippen molar-refractivity contribution in [3.8, 4) is 61.3 Å². The van der Waals surface area contributed by atoms with Crippen molar-refractivity contribution in [1.29, 1.82) is 0 Å². The smallest absolute Gasteiger partial charge is 0.0623 e. The number of hydrogen-bond donors (Lipinski definition) is 0. The Morgan fingerprint density at radius 1 is 0.379 bits per heavy atom. The summed E-state index contributed by atoms with van der Waals surface area (Å²) in [5, 5.41) is 5.24. The largest absolute Gasteiger partial charge is 0.310 e. The van der Waals surface area contributed by atoms with Gasteiger partial charge >= 0.3 is 0 Å². The van der Waals surface area contributed by atoms with Gasteiger partial charge < -0.3 is 9.47 Å². The van der Waals surface area contributed by atoms with Crippen LogP contribution in [0.5, 0.6) is 0 Å². The van der Waals surface area contributed by atoms with Crippen molar-refractivity contribution in [2.45, 2.75) is 19.3 Å². The van der Waals surface area contributed by atoms with Crippen LogP contribution >= 0.6 is 11.3 Å². The molecule has 0 bridgehead atoms. The number of rotatable bonds is 6. The van der Waals surface area contributed by atoms with Gasteiger partial charge in [0, 0.05) is 64.5 Å². The Bertz CT molecular complexity index is 3940. The molecule has 310 valence electrons. The molecule has 0 radical (unpaired) electrons. The highest BCUT2D eigenvalue weighted by atomic mass is 32.1. The summed E-state index contributed by atoms with van der Waals surface area (Å²) in [5.41, 5.74) is 22.4. The summed E-state index contributed by atoms with van der Waals surface area (Å²) in [6.07, 6.45) is 0. The van der Waals surface area contributed by atoms with E-state index >= 15 is 0 Å². The van der Waals surface area contributed by atoms with E-state index in [0.29, 0.717) is 0 Å². The molecule has 2 aliphatic rings. The van der Waals surface area contributed by atoms with E-state index < -0.39 is 0 Å². The van der Waals surface area contributed by atoms with Crippen molar-refractivity contribution in [2.24, 2.45) is 0 Å². The van der Waals surface area contributed by atoms with E-state index in [0.717, 1.165) is 17.1 Å². The fraction of sp³-hybridized carbons (Fsp3) is 0.0476. The molecule has 0 unspecified atom stereocenters. The van der Waals surface area contributed by atoms with Gasteiger partial charge in [-0.25, -0.2) is 0 Å². The molecule has 12 aromatic rings. The maximum Gasteiger partial charge on any atom is 0.0623 e. The van der Waals surface area contributed by atoms with E-state index in [1.54, 1.807) is 0 Å². The summed E-state index contributed by atoms with van der Waals surface area (Å²) in [4.78, 5) is 2.40. The van der Waals surface area contributed by atoms with Gasteiger partial charge in [0.1, 0.15) is 0 Å². The molecule has 3 heterocycles. The van der Waals surface area contributed by atoms with E-state index in [2.05, 4.69) is 242 Å². The summed E-state index contributed by atoms with van der Waals surface area (Å²) in [7, 11) is 0. The highest BCUT2D eigenvalue weighted by Crippen LogP contribution is 2.59. The van der Waals surface area contributed by atoms with Gasteiger partial charge in [-0.1, -0.05) is 166 Å². The predicted molar refractivity (Wildman–Crippen MR) is 281 cm³/mol. The van der Waals surface area contributed by atoms with Gasteiger partial charge in [0.25, 0.3) is 0 Å². The average Bonchev–Trinajstić information content (AvgIpc) is 3.96. The molecule has 0 spiro atoms. The van der Waals surface area contributed by atoms with Crippen molar-refractivity contribution in [3.63, 3.8) is 0 Å². The Balaban J connectivity index is 0.873. The molecule has 0 fully saturated rings. The van der Waals surface area contributed by atoms with E-state index in [1.165, 1.54) is 114 Å². The number of hydrogen-bond acceptors (Lipinski definition) is 2. The molecule has 2 aromatic heterocycles. The van der Waals surface area contributed by atoms with Crippen LogP contribution in [-0.4, -0.2) is 4.57 Å². The molecule has 1 aliphatic carbocycles. The quantitative estimate of drug-likeness (QED) is 0.162. The van der Waals surface area contributed by atoms with Crippen LogP contribution in [0.25, 0.3) is 103 Å².